The standard InChI is InChI=1S/C19H25N3O3S/c1-14-9-10-17(19(23)21-12-15(2)20-3)11-18(14)26(24,25)22-13-16-7-5-4-6-8-16/h4-11,15,20,22H,12-13H2,1-3H3,(H,21,23). The molecule has 140 valence electrons. The Balaban J connectivity index is 2.16. The van der Waals surface area contributed by atoms with E-state index in [-0.39, 0.29) is 23.4 Å². The van der Waals surface area contributed by atoms with Gasteiger partial charge in [-0.05, 0) is 44.2 Å². The van der Waals surface area contributed by atoms with Crippen molar-refractivity contribution in [2.75, 3.05) is 13.6 Å². The van der Waals surface area contributed by atoms with E-state index >= 15 is 0 Å². The van der Waals surface area contributed by atoms with Gasteiger partial charge in [-0.1, -0.05) is 36.4 Å². The molecular formula is C19H25N3O3S. The molecule has 1 unspecified atom stereocenters. The third kappa shape index (κ3) is 5.39. The number of carbonyl (C=O) groups is 1. The van der Waals surface area contributed by atoms with Crippen LogP contribution in [0.3, 0.4) is 0 Å². The highest BCUT2D eigenvalue weighted by molar-refractivity contribution is 7.89. The average Bonchev–Trinajstić information content (AvgIpc) is 2.65. The largest absolute Gasteiger partial charge is 0.350 e. The fourth-order valence-corrected chi connectivity index (χ4v) is 3.62. The van der Waals surface area contributed by atoms with E-state index in [1.165, 1.54) is 6.07 Å². The van der Waals surface area contributed by atoms with Crippen LogP contribution in [0.4, 0.5) is 0 Å². The molecule has 0 radical (unpaired) electrons. The minimum atomic E-state index is -3.72. The lowest BCUT2D eigenvalue weighted by Crippen LogP contribution is -2.37. The Hall–Kier alpha value is -2.22. The summed E-state index contributed by atoms with van der Waals surface area (Å²) < 4.78 is 27.9. The fraction of sp³-hybridized carbons (Fsp3) is 0.316. The van der Waals surface area contributed by atoms with Gasteiger partial charge in [0, 0.05) is 24.7 Å². The van der Waals surface area contributed by atoms with Crippen molar-refractivity contribution in [2.45, 2.75) is 31.3 Å². The van der Waals surface area contributed by atoms with Crippen LogP contribution in [0.1, 0.15) is 28.4 Å². The van der Waals surface area contributed by atoms with Gasteiger partial charge in [0.2, 0.25) is 10.0 Å². The molecule has 2 aromatic rings. The van der Waals surface area contributed by atoms with E-state index in [4.69, 9.17) is 0 Å². The van der Waals surface area contributed by atoms with Crippen molar-refractivity contribution in [3.8, 4) is 0 Å². The quantitative estimate of drug-likeness (QED) is 0.657. The van der Waals surface area contributed by atoms with Gasteiger partial charge >= 0.3 is 0 Å². The molecule has 0 heterocycles. The summed E-state index contributed by atoms with van der Waals surface area (Å²) in [4.78, 5) is 12.4. The topological polar surface area (TPSA) is 87.3 Å². The van der Waals surface area contributed by atoms with Gasteiger partial charge in [-0.15, -0.1) is 0 Å². The van der Waals surface area contributed by atoms with E-state index in [2.05, 4.69) is 15.4 Å². The van der Waals surface area contributed by atoms with Crippen LogP contribution in [0.25, 0.3) is 0 Å². The predicted octanol–water partition coefficient (Wildman–Crippen LogP) is 1.81. The normalized spacial score (nSPS) is 12.6. The van der Waals surface area contributed by atoms with Crippen LogP contribution in [0, 0.1) is 6.92 Å². The number of hydrogen-bond donors (Lipinski definition) is 3. The summed E-state index contributed by atoms with van der Waals surface area (Å²) in [6.07, 6.45) is 0. The molecule has 6 nitrogen and oxygen atoms in total. The van der Waals surface area contributed by atoms with Gasteiger partial charge in [-0.2, -0.15) is 0 Å². The molecule has 2 rings (SSSR count). The van der Waals surface area contributed by atoms with Gasteiger partial charge in [-0.25, -0.2) is 13.1 Å². The summed E-state index contributed by atoms with van der Waals surface area (Å²) in [5.74, 6) is -0.299. The number of nitrogens with one attached hydrogen (secondary N) is 3. The average molecular weight is 375 g/mol. The molecule has 1 atom stereocenters. The van der Waals surface area contributed by atoms with Crippen molar-refractivity contribution in [1.82, 2.24) is 15.4 Å². The Bertz CT molecular complexity index is 852. The number of amides is 1. The van der Waals surface area contributed by atoms with Crippen LogP contribution in [0.15, 0.2) is 53.4 Å². The van der Waals surface area contributed by atoms with Crippen molar-refractivity contribution in [3.63, 3.8) is 0 Å². The maximum absolute atomic E-state index is 12.7. The number of aryl methyl sites for hydroxylation is 1. The molecule has 0 aliphatic rings. The Labute approximate surface area is 155 Å². The summed E-state index contributed by atoms with van der Waals surface area (Å²) in [5, 5.41) is 5.82. The second-order valence-electron chi connectivity index (χ2n) is 6.19. The Morgan fingerprint density at radius 3 is 2.46 bits per heavy atom. The molecule has 0 saturated heterocycles. The molecule has 0 aromatic heterocycles. The molecule has 1 amide bonds. The maximum Gasteiger partial charge on any atom is 0.251 e. The maximum atomic E-state index is 12.7. The first-order valence-corrected chi connectivity index (χ1v) is 9.91. The van der Waals surface area contributed by atoms with Crippen LogP contribution in [-0.2, 0) is 16.6 Å². The number of likely N-dealkylation sites (N-methyl/N-ethyl adjacent to an activating group) is 1. The van der Waals surface area contributed by atoms with Crippen LogP contribution < -0.4 is 15.4 Å². The Morgan fingerprint density at radius 2 is 1.81 bits per heavy atom. The third-order valence-electron chi connectivity index (χ3n) is 4.11. The molecule has 7 heteroatoms. The van der Waals surface area contributed by atoms with Gasteiger partial charge in [0.15, 0.2) is 0 Å². The van der Waals surface area contributed by atoms with E-state index < -0.39 is 10.0 Å². The predicted molar refractivity (Wildman–Crippen MR) is 103 cm³/mol. The van der Waals surface area contributed by atoms with Crippen molar-refractivity contribution in [1.29, 1.82) is 0 Å². The van der Waals surface area contributed by atoms with Crippen molar-refractivity contribution in [3.05, 3.63) is 65.2 Å². The summed E-state index contributed by atoms with van der Waals surface area (Å²) >= 11 is 0. The third-order valence-corrected chi connectivity index (χ3v) is 5.65. The van der Waals surface area contributed by atoms with E-state index in [0.29, 0.717) is 17.7 Å². The van der Waals surface area contributed by atoms with E-state index in [1.807, 2.05) is 44.3 Å². The summed E-state index contributed by atoms with van der Waals surface area (Å²) in [5.41, 5.74) is 1.77. The minimum Gasteiger partial charge on any atom is -0.350 e. The smallest absolute Gasteiger partial charge is 0.251 e. The van der Waals surface area contributed by atoms with Gasteiger partial charge in [0.05, 0.1) is 4.90 Å². The summed E-state index contributed by atoms with van der Waals surface area (Å²) in [6.45, 7) is 4.30. The van der Waals surface area contributed by atoms with Crippen LogP contribution in [0.2, 0.25) is 0 Å². The lowest BCUT2D eigenvalue weighted by atomic mass is 10.1. The SMILES string of the molecule is CNC(C)CNC(=O)c1ccc(C)c(S(=O)(=O)NCc2ccccc2)c1. The lowest BCUT2D eigenvalue weighted by Gasteiger charge is -2.13. The summed E-state index contributed by atoms with van der Waals surface area (Å²) in [6, 6.07) is 14.1. The first-order valence-electron chi connectivity index (χ1n) is 8.43. The number of sulfonamides is 1. The van der Waals surface area contributed by atoms with Gasteiger partial charge in [0.25, 0.3) is 5.91 Å². The number of hydrogen-bond acceptors (Lipinski definition) is 4. The second-order valence-corrected chi connectivity index (χ2v) is 7.93. The zero-order chi connectivity index (χ0) is 19.2. The van der Waals surface area contributed by atoms with Gasteiger partial charge < -0.3 is 10.6 Å². The van der Waals surface area contributed by atoms with Gasteiger partial charge in [0.1, 0.15) is 0 Å². The van der Waals surface area contributed by atoms with Crippen molar-refractivity contribution < 1.29 is 13.2 Å². The fourth-order valence-electron chi connectivity index (χ4n) is 2.33. The first kappa shape index (κ1) is 20.1. The molecular weight excluding hydrogens is 350 g/mol. The van der Waals surface area contributed by atoms with E-state index in [9.17, 15) is 13.2 Å². The van der Waals surface area contributed by atoms with Gasteiger partial charge in [-0.3, -0.25) is 4.79 Å². The monoisotopic (exact) mass is 375 g/mol. The zero-order valence-corrected chi connectivity index (χ0v) is 16.1. The number of rotatable bonds is 8. The molecule has 3 N–H and O–H groups in total. The molecule has 0 spiro atoms. The summed E-state index contributed by atoms with van der Waals surface area (Å²) in [7, 11) is -1.91. The highest BCUT2D eigenvalue weighted by atomic mass is 32.2. The highest BCUT2D eigenvalue weighted by Crippen LogP contribution is 2.17. The zero-order valence-electron chi connectivity index (χ0n) is 15.2. The van der Waals surface area contributed by atoms with E-state index in [0.717, 1.165) is 5.56 Å². The number of benzene rings is 2. The first-order chi connectivity index (χ1) is 12.3. The number of carbonyl (C=O) groups excluding carboxylic acids is 1. The minimum absolute atomic E-state index is 0.114. The molecule has 0 aliphatic carbocycles. The Morgan fingerprint density at radius 1 is 1.12 bits per heavy atom. The molecule has 0 saturated carbocycles. The van der Waals surface area contributed by atoms with Crippen molar-refractivity contribution >= 4 is 15.9 Å². The second kappa shape index (κ2) is 8.93. The highest BCUT2D eigenvalue weighted by Gasteiger charge is 2.19. The lowest BCUT2D eigenvalue weighted by molar-refractivity contribution is 0.0950. The Kier molecular flexibility index (Phi) is 6.90. The van der Waals surface area contributed by atoms with Crippen LogP contribution in [-0.4, -0.2) is 34.0 Å². The van der Waals surface area contributed by atoms with Crippen LogP contribution >= 0.6 is 0 Å². The molecule has 2 aromatic carbocycles. The van der Waals surface area contributed by atoms with Crippen LogP contribution in [0.5, 0.6) is 0 Å². The van der Waals surface area contributed by atoms with E-state index in [1.54, 1.807) is 19.1 Å². The molecule has 0 fully saturated rings. The molecule has 0 bridgehead atoms. The molecule has 26 heavy (non-hydrogen) atoms. The van der Waals surface area contributed by atoms with Crippen molar-refractivity contribution in [2.24, 2.45) is 0 Å². The molecule has 0 aliphatic heterocycles.